The first-order chi connectivity index (χ1) is 8.75. The van der Waals surface area contributed by atoms with Gasteiger partial charge in [0.05, 0.1) is 0 Å². The van der Waals surface area contributed by atoms with Crippen LogP contribution in [0, 0.1) is 11.8 Å². The zero-order valence-electron chi connectivity index (χ0n) is 11.5. The van der Waals surface area contributed by atoms with E-state index in [-0.39, 0.29) is 6.54 Å². The van der Waals surface area contributed by atoms with Crippen molar-refractivity contribution in [3.05, 3.63) is 0 Å². The Hall–Kier alpha value is -1.59. The molecule has 2 atom stereocenters. The van der Waals surface area contributed by atoms with Gasteiger partial charge in [0.1, 0.15) is 5.54 Å². The van der Waals surface area contributed by atoms with Crippen LogP contribution in [-0.4, -0.2) is 57.9 Å². The van der Waals surface area contributed by atoms with Gasteiger partial charge in [-0.15, -0.1) is 0 Å². The van der Waals surface area contributed by atoms with E-state index in [4.69, 9.17) is 5.11 Å². The monoisotopic (exact) mass is 268 g/mol. The van der Waals surface area contributed by atoms with Crippen molar-refractivity contribution in [2.75, 3.05) is 19.6 Å². The molecule has 0 spiro atoms. The second kappa shape index (κ2) is 4.51. The summed E-state index contributed by atoms with van der Waals surface area (Å²) >= 11 is 0. The molecule has 2 aliphatic rings. The minimum Gasteiger partial charge on any atom is -0.480 e. The van der Waals surface area contributed by atoms with Gasteiger partial charge in [0.15, 0.2) is 0 Å². The summed E-state index contributed by atoms with van der Waals surface area (Å²) in [7, 11) is 0. The standard InChI is InChI=1S/C13H20N2O4/c1-8-6-9(8)7-14-4-5-15(11(17)10(14)16)13(2,3)12(18)19/h8-9H,4-7H2,1-3H3,(H,18,19). The number of hydrogen-bond acceptors (Lipinski definition) is 3. The highest BCUT2D eigenvalue weighted by Crippen LogP contribution is 2.38. The minimum absolute atomic E-state index is 0.283. The summed E-state index contributed by atoms with van der Waals surface area (Å²) in [6, 6.07) is 0. The summed E-state index contributed by atoms with van der Waals surface area (Å²) in [5.41, 5.74) is -1.34. The van der Waals surface area contributed by atoms with E-state index in [2.05, 4.69) is 6.92 Å². The number of hydrogen-bond donors (Lipinski definition) is 1. The molecule has 0 radical (unpaired) electrons. The normalized spacial score (nSPS) is 27.7. The number of carbonyl (C=O) groups is 3. The Morgan fingerprint density at radius 3 is 2.37 bits per heavy atom. The summed E-state index contributed by atoms with van der Waals surface area (Å²) in [6.45, 7) is 6.33. The number of nitrogens with zero attached hydrogens (tertiary/aromatic N) is 2. The molecule has 106 valence electrons. The van der Waals surface area contributed by atoms with Crippen LogP contribution in [0.5, 0.6) is 0 Å². The maximum atomic E-state index is 12.0. The van der Waals surface area contributed by atoms with Crippen LogP contribution in [0.4, 0.5) is 0 Å². The lowest BCUT2D eigenvalue weighted by Crippen LogP contribution is -2.63. The first-order valence-electron chi connectivity index (χ1n) is 6.59. The van der Waals surface area contributed by atoms with Gasteiger partial charge in [0.2, 0.25) is 0 Å². The van der Waals surface area contributed by atoms with E-state index >= 15 is 0 Å². The van der Waals surface area contributed by atoms with Crippen molar-refractivity contribution in [1.82, 2.24) is 9.80 Å². The fourth-order valence-corrected chi connectivity index (χ4v) is 2.43. The van der Waals surface area contributed by atoms with Gasteiger partial charge in [0.25, 0.3) is 0 Å². The van der Waals surface area contributed by atoms with Crippen molar-refractivity contribution in [2.45, 2.75) is 32.7 Å². The molecule has 1 saturated carbocycles. The second-order valence-electron chi connectivity index (χ2n) is 6.05. The molecule has 1 heterocycles. The van der Waals surface area contributed by atoms with Crippen LogP contribution in [0.1, 0.15) is 27.2 Å². The molecule has 1 aliphatic carbocycles. The molecular formula is C13H20N2O4. The highest BCUT2D eigenvalue weighted by Gasteiger charge is 2.45. The van der Waals surface area contributed by atoms with Gasteiger partial charge in [-0.2, -0.15) is 0 Å². The highest BCUT2D eigenvalue weighted by molar-refractivity contribution is 6.36. The van der Waals surface area contributed by atoms with Gasteiger partial charge >= 0.3 is 17.8 Å². The van der Waals surface area contributed by atoms with Crippen molar-refractivity contribution >= 4 is 17.8 Å². The van der Waals surface area contributed by atoms with Crippen LogP contribution >= 0.6 is 0 Å². The quantitative estimate of drug-likeness (QED) is 0.738. The van der Waals surface area contributed by atoms with E-state index < -0.39 is 23.3 Å². The van der Waals surface area contributed by atoms with E-state index in [0.717, 1.165) is 11.3 Å². The zero-order chi connectivity index (χ0) is 14.4. The summed E-state index contributed by atoms with van der Waals surface area (Å²) in [5, 5.41) is 9.13. The first kappa shape index (κ1) is 13.8. The molecule has 2 rings (SSSR count). The van der Waals surface area contributed by atoms with Crippen molar-refractivity contribution in [1.29, 1.82) is 0 Å². The van der Waals surface area contributed by atoms with Gasteiger partial charge in [-0.05, 0) is 32.1 Å². The van der Waals surface area contributed by atoms with Crippen LogP contribution in [-0.2, 0) is 14.4 Å². The van der Waals surface area contributed by atoms with E-state index in [1.807, 2.05) is 0 Å². The molecule has 2 amide bonds. The van der Waals surface area contributed by atoms with Crippen LogP contribution in [0.15, 0.2) is 0 Å². The van der Waals surface area contributed by atoms with Crippen LogP contribution in [0.25, 0.3) is 0 Å². The van der Waals surface area contributed by atoms with Gasteiger partial charge in [-0.25, -0.2) is 4.79 Å². The Bertz CT molecular complexity index is 432. The fourth-order valence-electron chi connectivity index (χ4n) is 2.43. The van der Waals surface area contributed by atoms with Crippen LogP contribution in [0.3, 0.4) is 0 Å². The molecule has 1 aliphatic heterocycles. The van der Waals surface area contributed by atoms with Crippen molar-refractivity contribution in [3.8, 4) is 0 Å². The molecular weight excluding hydrogens is 248 g/mol. The van der Waals surface area contributed by atoms with E-state index in [1.165, 1.54) is 13.8 Å². The molecule has 0 aromatic carbocycles. The third-order valence-corrected chi connectivity index (χ3v) is 4.24. The number of rotatable bonds is 4. The lowest BCUT2D eigenvalue weighted by molar-refractivity contribution is -0.167. The van der Waals surface area contributed by atoms with E-state index in [9.17, 15) is 14.4 Å². The highest BCUT2D eigenvalue weighted by atomic mass is 16.4. The number of amides is 2. The molecule has 1 saturated heterocycles. The second-order valence-corrected chi connectivity index (χ2v) is 6.05. The average Bonchev–Trinajstić information content (AvgIpc) is 3.00. The average molecular weight is 268 g/mol. The fraction of sp³-hybridized carbons (Fsp3) is 0.769. The summed E-state index contributed by atoms with van der Waals surface area (Å²) in [5.74, 6) is -1.25. The van der Waals surface area contributed by atoms with Crippen molar-refractivity contribution in [3.63, 3.8) is 0 Å². The first-order valence-corrected chi connectivity index (χ1v) is 6.59. The third-order valence-electron chi connectivity index (χ3n) is 4.24. The van der Waals surface area contributed by atoms with Gasteiger partial charge in [-0.1, -0.05) is 6.92 Å². The zero-order valence-corrected chi connectivity index (χ0v) is 11.5. The Balaban J connectivity index is 2.05. The Morgan fingerprint density at radius 1 is 1.32 bits per heavy atom. The third kappa shape index (κ3) is 2.43. The topological polar surface area (TPSA) is 77.9 Å². The van der Waals surface area contributed by atoms with Crippen molar-refractivity contribution < 1.29 is 19.5 Å². The summed E-state index contributed by atoms with van der Waals surface area (Å²) in [4.78, 5) is 37.9. The van der Waals surface area contributed by atoms with E-state index in [1.54, 1.807) is 4.90 Å². The maximum Gasteiger partial charge on any atom is 0.329 e. The number of carbonyl (C=O) groups excluding carboxylic acids is 2. The molecule has 2 unspecified atom stereocenters. The lowest BCUT2D eigenvalue weighted by atomic mass is 10.0. The predicted molar refractivity (Wildman–Crippen MR) is 67.3 cm³/mol. The number of carboxylic acids is 1. The number of piperazine rings is 1. The smallest absolute Gasteiger partial charge is 0.329 e. The van der Waals surface area contributed by atoms with Gasteiger partial charge in [-0.3, -0.25) is 9.59 Å². The largest absolute Gasteiger partial charge is 0.480 e. The van der Waals surface area contributed by atoms with Gasteiger partial charge in [0, 0.05) is 19.6 Å². The maximum absolute atomic E-state index is 12.0. The minimum atomic E-state index is -1.34. The Labute approximate surface area is 112 Å². The molecule has 0 aromatic rings. The summed E-state index contributed by atoms with van der Waals surface area (Å²) < 4.78 is 0. The molecule has 6 heteroatoms. The number of aliphatic carboxylic acids is 1. The molecule has 6 nitrogen and oxygen atoms in total. The SMILES string of the molecule is CC1CC1CN1CCN(C(C)(C)C(=O)O)C(=O)C1=O. The molecule has 1 N–H and O–H groups in total. The van der Waals surface area contributed by atoms with Gasteiger partial charge < -0.3 is 14.9 Å². The Morgan fingerprint density at radius 2 is 1.89 bits per heavy atom. The van der Waals surface area contributed by atoms with Crippen LogP contribution in [0.2, 0.25) is 0 Å². The van der Waals surface area contributed by atoms with E-state index in [0.29, 0.717) is 24.9 Å². The lowest BCUT2D eigenvalue weighted by Gasteiger charge is -2.40. The summed E-state index contributed by atoms with van der Waals surface area (Å²) in [6.07, 6.45) is 1.10. The molecule has 0 bridgehead atoms. The van der Waals surface area contributed by atoms with Crippen LogP contribution < -0.4 is 0 Å². The number of carboxylic acid groups (broad SMARTS) is 1. The van der Waals surface area contributed by atoms with Crippen molar-refractivity contribution in [2.24, 2.45) is 11.8 Å². The predicted octanol–water partition coefficient (Wildman–Crippen LogP) is 0.176. The molecule has 0 aromatic heterocycles. The Kier molecular flexibility index (Phi) is 3.28. The molecule has 2 fully saturated rings. The molecule has 19 heavy (non-hydrogen) atoms.